The lowest BCUT2D eigenvalue weighted by atomic mass is 9.37. The van der Waals surface area contributed by atoms with Gasteiger partial charge >= 0.3 is 0 Å². The Labute approximate surface area is 192 Å². The predicted octanol–water partition coefficient (Wildman–Crippen LogP) is 7.00. The van der Waals surface area contributed by atoms with E-state index in [0.29, 0.717) is 34.0 Å². The monoisotopic (exact) mass is 430 g/mol. The summed E-state index contributed by atoms with van der Waals surface area (Å²) in [5, 5.41) is 22.6. The second-order valence-corrected chi connectivity index (χ2v) is 13.6. The summed E-state index contributed by atoms with van der Waals surface area (Å²) in [6.45, 7) is 17.0. The van der Waals surface area contributed by atoms with Crippen molar-refractivity contribution in [3.63, 3.8) is 0 Å². The van der Waals surface area contributed by atoms with Gasteiger partial charge in [0, 0.05) is 0 Å². The topological polar surface area (TPSA) is 40.5 Å². The Balaban J connectivity index is 1.57. The maximum atomic E-state index is 11.5. The van der Waals surface area contributed by atoms with Crippen molar-refractivity contribution in [3.05, 3.63) is 11.6 Å². The summed E-state index contributed by atoms with van der Waals surface area (Å²) in [5.74, 6) is 3.38. The van der Waals surface area contributed by atoms with Gasteiger partial charge in [-0.05, 0) is 123 Å². The molecule has 2 N–H and O–H groups in total. The van der Waals surface area contributed by atoms with Crippen molar-refractivity contribution < 1.29 is 10.2 Å². The van der Waals surface area contributed by atoms with Gasteiger partial charge in [-0.25, -0.2) is 0 Å². The van der Waals surface area contributed by atoms with Crippen LogP contribution in [0.1, 0.15) is 106 Å². The minimum atomic E-state index is -0.262. The highest BCUT2D eigenvalue weighted by Gasteiger charge is 2.66. The largest absolute Gasteiger partial charge is 0.393 e. The van der Waals surface area contributed by atoms with Crippen LogP contribution < -0.4 is 0 Å². The molecule has 4 saturated carbocycles. The van der Waals surface area contributed by atoms with Gasteiger partial charge in [-0.3, -0.25) is 0 Å². The molecule has 31 heavy (non-hydrogen) atoms. The first-order valence-electron chi connectivity index (χ1n) is 13.4. The van der Waals surface area contributed by atoms with Gasteiger partial charge in [0.2, 0.25) is 0 Å². The number of allylic oxidation sites excluding steroid dienone is 2. The lowest BCUT2D eigenvalue weighted by Crippen LogP contribution is -2.62. The Kier molecular flexibility index (Phi) is 6.26. The molecule has 4 fully saturated rings. The van der Waals surface area contributed by atoms with E-state index in [1.165, 1.54) is 37.7 Å². The number of aliphatic hydroxyl groups is 2. The lowest BCUT2D eigenvalue weighted by Gasteiger charge is -2.68. The molecule has 178 valence electrons. The Hall–Kier alpha value is -0.340. The smallest absolute Gasteiger partial charge is 0.0577 e. The number of aliphatic hydroxyl groups excluding tert-OH is 2. The van der Waals surface area contributed by atoms with E-state index in [1.807, 2.05) is 0 Å². The summed E-state index contributed by atoms with van der Waals surface area (Å²) in [5.41, 5.74) is 2.42. The average molecular weight is 431 g/mol. The van der Waals surface area contributed by atoms with Crippen LogP contribution in [0.2, 0.25) is 0 Å². The second-order valence-electron chi connectivity index (χ2n) is 13.6. The Morgan fingerprint density at radius 1 is 0.968 bits per heavy atom. The third-order valence-corrected chi connectivity index (χ3v) is 11.7. The van der Waals surface area contributed by atoms with Gasteiger partial charge in [-0.15, -0.1) is 0 Å². The SMILES string of the molecule is CC(C)=CCC[C@H](O)C1CCC2[C@@H]1[C@H](O)CC1C2(C)CCC2C(C)(C)[C@@H](C)CC[C@]12C. The van der Waals surface area contributed by atoms with Crippen molar-refractivity contribution in [3.8, 4) is 0 Å². The Bertz CT molecular complexity index is 691. The molecule has 0 amide bonds. The summed E-state index contributed by atoms with van der Waals surface area (Å²) < 4.78 is 0. The molecule has 4 aliphatic rings. The van der Waals surface area contributed by atoms with E-state index in [2.05, 4.69) is 54.5 Å². The van der Waals surface area contributed by atoms with E-state index in [1.54, 1.807) is 0 Å². The van der Waals surface area contributed by atoms with Crippen molar-refractivity contribution in [2.75, 3.05) is 0 Å². The zero-order valence-corrected chi connectivity index (χ0v) is 21.5. The molecular weight excluding hydrogens is 380 g/mol. The van der Waals surface area contributed by atoms with Crippen LogP contribution in [0.4, 0.5) is 0 Å². The second kappa shape index (κ2) is 8.15. The highest BCUT2D eigenvalue weighted by atomic mass is 16.3. The standard InChI is InChI=1S/C29H50O2/c1-18(2)9-8-10-22(30)20-11-12-21-26(20)23(31)17-25-28(21,6)16-14-24-27(4,5)19(3)13-15-29(24,25)7/h9,19-26,30-31H,8,10-17H2,1-7H3/t19-,20?,21?,22-,23+,24?,25?,26+,28?,29-/m0/s1. The van der Waals surface area contributed by atoms with Crippen molar-refractivity contribution in [2.24, 2.45) is 51.8 Å². The first-order valence-corrected chi connectivity index (χ1v) is 13.4. The molecule has 4 rings (SSSR count). The van der Waals surface area contributed by atoms with Crippen LogP contribution in [0.25, 0.3) is 0 Å². The highest BCUT2D eigenvalue weighted by molar-refractivity contribution is 5.15. The third kappa shape index (κ3) is 3.67. The molecule has 2 nitrogen and oxygen atoms in total. The van der Waals surface area contributed by atoms with Crippen molar-refractivity contribution in [1.82, 2.24) is 0 Å². The minimum absolute atomic E-state index is 0.230. The van der Waals surface area contributed by atoms with E-state index in [4.69, 9.17) is 0 Å². The molecular formula is C29H50O2. The molecule has 0 aromatic heterocycles. The zero-order chi connectivity index (χ0) is 22.8. The molecule has 0 spiro atoms. The van der Waals surface area contributed by atoms with Gasteiger partial charge in [-0.2, -0.15) is 0 Å². The van der Waals surface area contributed by atoms with Crippen LogP contribution in [0.3, 0.4) is 0 Å². The molecule has 0 heterocycles. The van der Waals surface area contributed by atoms with E-state index in [0.717, 1.165) is 37.5 Å². The van der Waals surface area contributed by atoms with Crippen LogP contribution in [0.15, 0.2) is 11.6 Å². The van der Waals surface area contributed by atoms with Crippen molar-refractivity contribution >= 4 is 0 Å². The summed E-state index contributed by atoms with van der Waals surface area (Å²) in [6.07, 6.45) is 12.2. The third-order valence-electron chi connectivity index (χ3n) is 11.7. The van der Waals surface area contributed by atoms with Gasteiger partial charge in [0.15, 0.2) is 0 Å². The fourth-order valence-corrected chi connectivity index (χ4v) is 9.73. The fraction of sp³-hybridized carbons (Fsp3) is 0.931. The quantitative estimate of drug-likeness (QED) is 0.472. The molecule has 0 radical (unpaired) electrons. The summed E-state index contributed by atoms with van der Waals surface area (Å²) in [7, 11) is 0. The maximum absolute atomic E-state index is 11.5. The van der Waals surface area contributed by atoms with Crippen LogP contribution in [-0.4, -0.2) is 22.4 Å². The molecule has 5 unspecified atom stereocenters. The lowest BCUT2D eigenvalue weighted by molar-refractivity contribution is -0.208. The van der Waals surface area contributed by atoms with Gasteiger partial charge in [0.05, 0.1) is 12.2 Å². The van der Waals surface area contributed by atoms with E-state index in [-0.39, 0.29) is 18.1 Å². The molecule has 10 atom stereocenters. The predicted molar refractivity (Wildman–Crippen MR) is 130 cm³/mol. The Morgan fingerprint density at radius 2 is 1.65 bits per heavy atom. The van der Waals surface area contributed by atoms with Crippen LogP contribution in [0, 0.1) is 51.8 Å². The average Bonchev–Trinajstić information content (AvgIpc) is 3.14. The molecule has 0 aliphatic heterocycles. The molecule has 4 aliphatic carbocycles. The van der Waals surface area contributed by atoms with Gasteiger partial charge in [-0.1, -0.05) is 46.3 Å². The highest BCUT2D eigenvalue weighted by Crippen LogP contribution is 2.72. The number of rotatable bonds is 4. The van der Waals surface area contributed by atoms with E-state index in [9.17, 15) is 10.2 Å². The van der Waals surface area contributed by atoms with E-state index < -0.39 is 0 Å². The summed E-state index contributed by atoms with van der Waals surface area (Å²) >= 11 is 0. The first-order chi connectivity index (χ1) is 14.4. The first kappa shape index (κ1) is 23.8. The van der Waals surface area contributed by atoms with Gasteiger partial charge in [0.25, 0.3) is 0 Å². The number of hydrogen-bond donors (Lipinski definition) is 2. The maximum Gasteiger partial charge on any atom is 0.0577 e. The van der Waals surface area contributed by atoms with Crippen molar-refractivity contribution in [2.45, 2.75) is 118 Å². The van der Waals surface area contributed by atoms with Crippen LogP contribution >= 0.6 is 0 Å². The van der Waals surface area contributed by atoms with E-state index >= 15 is 0 Å². The fourth-order valence-electron chi connectivity index (χ4n) is 9.73. The number of hydrogen-bond acceptors (Lipinski definition) is 2. The van der Waals surface area contributed by atoms with Crippen LogP contribution in [0.5, 0.6) is 0 Å². The van der Waals surface area contributed by atoms with Crippen molar-refractivity contribution in [1.29, 1.82) is 0 Å². The molecule has 0 saturated heterocycles. The summed E-state index contributed by atoms with van der Waals surface area (Å²) in [4.78, 5) is 0. The summed E-state index contributed by atoms with van der Waals surface area (Å²) in [6, 6.07) is 0. The molecule has 0 aromatic rings. The zero-order valence-electron chi connectivity index (χ0n) is 21.5. The normalized spacial score (nSPS) is 49.5. The minimum Gasteiger partial charge on any atom is -0.393 e. The van der Waals surface area contributed by atoms with Gasteiger partial charge < -0.3 is 10.2 Å². The molecule has 0 aromatic carbocycles. The van der Waals surface area contributed by atoms with Crippen LogP contribution in [-0.2, 0) is 0 Å². The molecule has 2 heteroatoms. The molecule has 0 bridgehead atoms. The Morgan fingerprint density at radius 3 is 2.32 bits per heavy atom. The number of fused-ring (bicyclic) bond motifs is 5. The van der Waals surface area contributed by atoms with Gasteiger partial charge in [0.1, 0.15) is 0 Å².